The van der Waals surface area contributed by atoms with Crippen molar-refractivity contribution >= 4 is 11.5 Å². The highest BCUT2D eigenvalue weighted by Gasteiger charge is 2.00. The van der Waals surface area contributed by atoms with Gasteiger partial charge in [-0.25, -0.2) is 0 Å². The standard InChI is InChI=1S/C20H18N5O/c21-20(24-25-22)16-9-11-17(12-10-16)23-14-15-5-4-8-19(13-15)26-18-6-2-1-3-7-18/h1-13,23H,14H2,(H2-,21,22,24)/q-1. The second-order valence-electron chi connectivity index (χ2n) is 5.53. The summed E-state index contributed by atoms with van der Waals surface area (Å²) in [4.78, 5) is 0. The average molecular weight is 344 g/mol. The van der Waals surface area contributed by atoms with Gasteiger partial charge in [-0.3, -0.25) is 0 Å². The summed E-state index contributed by atoms with van der Waals surface area (Å²) in [5, 5.41) is 19.4. The molecule has 0 aliphatic carbocycles. The second kappa shape index (κ2) is 8.43. The van der Waals surface area contributed by atoms with E-state index < -0.39 is 0 Å². The number of nitrogens with zero attached hydrogens (tertiary/aromatic N) is 3. The maximum atomic E-state index is 9.61. The van der Waals surface area contributed by atoms with Crippen LogP contribution in [0.1, 0.15) is 11.1 Å². The zero-order valence-electron chi connectivity index (χ0n) is 14.0. The van der Waals surface area contributed by atoms with E-state index in [1.807, 2.05) is 66.7 Å². The molecule has 0 amide bonds. The highest BCUT2D eigenvalue weighted by molar-refractivity contribution is 6.01. The first-order valence-corrected chi connectivity index (χ1v) is 8.07. The van der Waals surface area contributed by atoms with Crippen molar-refractivity contribution in [2.75, 3.05) is 5.32 Å². The van der Waals surface area contributed by atoms with E-state index >= 15 is 0 Å². The maximum Gasteiger partial charge on any atom is 0.127 e. The van der Waals surface area contributed by atoms with Crippen molar-refractivity contribution < 1.29 is 4.74 Å². The van der Waals surface area contributed by atoms with Crippen molar-refractivity contribution in [3.63, 3.8) is 0 Å². The van der Waals surface area contributed by atoms with Gasteiger partial charge in [0.25, 0.3) is 0 Å². The van der Waals surface area contributed by atoms with Gasteiger partial charge in [0.2, 0.25) is 0 Å². The van der Waals surface area contributed by atoms with Crippen molar-refractivity contribution in [2.45, 2.75) is 6.54 Å². The minimum atomic E-state index is -0.218. The van der Waals surface area contributed by atoms with Crippen LogP contribution in [0.15, 0.2) is 89.2 Å². The van der Waals surface area contributed by atoms with Gasteiger partial charge in [-0.2, -0.15) is 5.22 Å². The third-order valence-electron chi connectivity index (χ3n) is 3.67. The first kappa shape index (κ1) is 17.2. The normalized spacial score (nSPS) is 10.6. The summed E-state index contributed by atoms with van der Waals surface area (Å²) >= 11 is 0. The van der Waals surface area contributed by atoms with E-state index in [1.165, 1.54) is 0 Å². The Bertz CT molecular complexity index is 892. The van der Waals surface area contributed by atoms with E-state index in [0.29, 0.717) is 12.1 Å². The van der Waals surface area contributed by atoms with Crippen LogP contribution >= 0.6 is 0 Å². The van der Waals surface area contributed by atoms with Crippen molar-refractivity contribution in [3.8, 4) is 11.5 Å². The summed E-state index contributed by atoms with van der Waals surface area (Å²) in [6.07, 6.45) is 0. The molecule has 26 heavy (non-hydrogen) atoms. The molecule has 0 heterocycles. The SMILES string of the molecule is [N-]=C(N=NN)c1ccc(NCc2cccc(Oc3ccccc3)c2)cc1. The van der Waals surface area contributed by atoms with Crippen LogP contribution in [0.3, 0.4) is 0 Å². The van der Waals surface area contributed by atoms with Crippen LogP contribution in [0.2, 0.25) is 0 Å². The molecular formula is C20H18N5O-. The summed E-state index contributed by atoms with van der Waals surface area (Å²) < 4.78 is 5.85. The number of nitrogens with two attached hydrogens (primary N) is 1. The van der Waals surface area contributed by atoms with Crippen LogP contribution in [0, 0.1) is 0 Å². The molecule has 0 fully saturated rings. The maximum absolute atomic E-state index is 9.61. The van der Waals surface area contributed by atoms with Gasteiger partial charge in [0.05, 0.1) is 0 Å². The van der Waals surface area contributed by atoms with E-state index in [0.717, 1.165) is 22.7 Å². The summed E-state index contributed by atoms with van der Waals surface area (Å²) in [6, 6.07) is 24.8. The van der Waals surface area contributed by atoms with Crippen LogP contribution in [0.25, 0.3) is 5.41 Å². The Kier molecular flexibility index (Phi) is 5.57. The largest absolute Gasteiger partial charge is 0.463 e. The lowest BCUT2D eigenvalue weighted by atomic mass is 10.1. The molecule has 0 aliphatic rings. The van der Waals surface area contributed by atoms with Gasteiger partial charge in [0.15, 0.2) is 0 Å². The van der Waals surface area contributed by atoms with E-state index in [2.05, 4.69) is 15.7 Å². The summed E-state index contributed by atoms with van der Waals surface area (Å²) in [6.45, 7) is 0.642. The molecule has 0 unspecified atom stereocenters. The second-order valence-corrected chi connectivity index (χ2v) is 5.53. The number of nitrogens with one attached hydrogen (secondary N) is 1. The first-order chi connectivity index (χ1) is 12.7. The molecule has 0 atom stereocenters. The van der Waals surface area contributed by atoms with E-state index in [1.54, 1.807) is 12.1 Å². The lowest BCUT2D eigenvalue weighted by Gasteiger charge is -2.11. The third-order valence-corrected chi connectivity index (χ3v) is 3.67. The van der Waals surface area contributed by atoms with Crippen LogP contribution < -0.4 is 15.9 Å². The van der Waals surface area contributed by atoms with Crippen LogP contribution in [-0.2, 0) is 6.54 Å². The van der Waals surface area contributed by atoms with Crippen LogP contribution in [0.5, 0.6) is 11.5 Å². The Labute approximate surface area is 151 Å². The van der Waals surface area contributed by atoms with Gasteiger partial charge in [-0.1, -0.05) is 42.5 Å². The Morgan fingerprint density at radius 3 is 2.38 bits per heavy atom. The molecule has 0 aromatic heterocycles. The van der Waals surface area contributed by atoms with Crippen LogP contribution in [0.4, 0.5) is 5.69 Å². The predicted molar refractivity (Wildman–Crippen MR) is 103 cm³/mol. The quantitative estimate of drug-likeness (QED) is 0.222. The fraction of sp³-hybridized carbons (Fsp3) is 0.0500. The van der Waals surface area contributed by atoms with Gasteiger partial charge in [0.1, 0.15) is 11.5 Å². The molecule has 0 bridgehead atoms. The molecule has 6 nitrogen and oxygen atoms in total. The number of para-hydroxylation sites is 1. The Morgan fingerprint density at radius 1 is 0.923 bits per heavy atom. The average Bonchev–Trinajstić information content (AvgIpc) is 2.68. The lowest BCUT2D eigenvalue weighted by Crippen LogP contribution is -2.00. The van der Waals surface area contributed by atoms with Gasteiger partial charge < -0.3 is 26.4 Å². The number of amidine groups is 1. The molecule has 6 heteroatoms. The minimum absolute atomic E-state index is 0.218. The fourth-order valence-electron chi connectivity index (χ4n) is 2.40. The Morgan fingerprint density at radius 2 is 1.65 bits per heavy atom. The molecule has 0 spiro atoms. The minimum Gasteiger partial charge on any atom is -0.463 e. The van der Waals surface area contributed by atoms with Gasteiger partial charge in [-0.05, 0) is 53.4 Å². The lowest BCUT2D eigenvalue weighted by molar-refractivity contribution is 0.482. The van der Waals surface area contributed by atoms with E-state index in [9.17, 15) is 5.41 Å². The Balaban J connectivity index is 1.61. The van der Waals surface area contributed by atoms with Gasteiger partial charge in [-0.15, -0.1) is 0 Å². The summed E-state index contributed by atoms with van der Waals surface area (Å²) in [5.74, 6) is 6.30. The molecule has 3 rings (SSSR count). The molecule has 0 saturated heterocycles. The Hall–Kier alpha value is -3.67. The molecule has 0 radical (unpaired) electrons. The zero-order chi connectivity index (χ0) is 18.2. The number of ether oxygens (including phenoxy) is 1. The molecular weight excluding hydrogens is 326 g/mol. The number of anilines is 1. The smallest absolute Gasteiger partial charge is 0.127 e. The number of rotatable bonds is 6. The van der Waals surface area contributed by atoms with Gasteiger partial charge in [0, 0.05) is 12.2 Å². The highest BCUT2D eigenvalue weighted by atomic mass is 16.5. The monoisotopic (exact) mass is 344 g/mol. The molecule has 3 N–H and O–H groups in total. The number of benzene rings is 3. The number of hydrogen-bond acceptors (Lipinski definition) is 3. The number of hydrogen-bond donors (Lipinski definition) is 2. The molecule has 130 valence electrons. The molecule has 0 aliphatic heterocycles. The summed E-state index contributed by atoms with van der Waals surface area (Å²) in [5.41, 5.74) is 2.55. The predicted octanol–water partition coefficient (Wildman–Crippen LogP) is 4.73. The van der Waals surface area contributed by atoms with Crippen molar-refractivity contribution in [3.05, 3.63) is 95.4 Å². The van der Waals surface area contributed by atoms with Gasteiger partial charge >= 0.3 is 0 Å². The van der Waals surface area contributed by atoms with E-state index in [-0.39, 0.29) is 5.84 Å². The highest BCUT2D eigenvalue weighted by Crippen LogP contribution is 2.22. The fourth-order valence-corrected chi connectivity index (χ4v) is 2.40. The van der Waals surface area contributed by atoms with Crippen molar-refractivity contribution in [1.82, 2.24) is 0 Å². The zero-order valence-corrected chi connectivity index (χ0v) is 14.0. The first-order valence-electron chi connectivity index (χ1n) is 8.07. The molecule has 3 aromatic rings. The molecule has 3 aromatic carbocycles. The van der Waals surface area contributed by atoms with E-state index in [4.69, 9.17) is 10.6 Å². The third kappa shape index (κ3) is 4.67. The van der Waals surface area contributed by atoms with Crippen molar-refractivity contribution in [2.24, 2.45) is 16.2 Å². The van der Waals surface area contributed by atoms with Crippen LogP contribution in [-0.4, -0.2) is 5.84 Å². The topological polar surface area (TPSA) is 94.3 Å². The van der Waals surface area contributed by atoms with Crippen molar-refractivity contribution in [1.29, 1.82) is 0 Å². The summed E-state index contributed by atoms with van der Waals surface area (Å²) in [7, 11) is 0. The molecule has 0 saturated carbocycles.